The molecule has 1 aliphatic carbocycles. The number of Topliss-reactive ketones (excluding diaryl/α,β-unsaturated/α-hetero) is 1. The van der Waals surface area contributed by atoms with Gasteiger partial charge in [0.15, 0.2) is 5.78 Å². The lowest BCUT2D eigenvalue weighted by Crippen LogP contribution is -2.30. The minimum atomic E-state index is -0.540. The maximum atomic E-state index is 12.7. The fraction of sp³-hybridized carbons (Fsp3) is 0.591. The first-order chi connectivity index (χ1) is 11.9. The van der Waals surface area contributed by atoms with Crippen LogP contribution in [0.5, 0.6) is 0 Å². The summed E-state index contributed by atoms with van der Waals surface area (Å²) in [6.45, 7) is 8.41. The zero-order valence-corrected chi connectivity index (χ0v) is 16.5. The molecule has 1 N–H and O–H groups in total. The number of unbranched alkanes of at least 4 members (excludes halogenated alkanes) is 2. The predicted molar refractivity (Wildman–Crippen MR) is 105 cm³/mol. The molecule has 0 aromatic heterocycles. The van der Waals surface area contributed by atoms with Gasteiger partial charge >= 0.3 is 0 Å². The third-order valence-corrected chi connectivity index (χ3v) is 4.55. The molecule has 0 aromatic carbocycles. The largest absolute Gasteiger partial charge is 0.508 e. The molecule has 3 nitrogen and oxygen atoms in total. The summed E-state index contributed by atoms with van der Waals surface area (Å²) < 4.78 is 5.43. The molecule has 1 atom stereocenters. The number of carbonyl (C=O) groups is 1. The SMILES string of the molecule is CCCCCC1=CC(O)=C(C/C=C(\C)CCC=C(C)C)C(=O)C1OC. The lowest BCUT2D eigenvalue weighted by atomic mass is 9.88. The molecule has 0 amide bonds. The third-order valence-electron chi connectivity index (χ3n) is 4.55. The fourth-order valence-corrected chi connectivity index (χ4v) is 3.00. The van der Waals surface area contributed by atoms with E-state index in [1.165, 1.54) is 11.1 Å². The van der Waals surface area contributed by atoms with Crippen molar-refractivity contribution < 1.29 is 14.6 Å². The minimum Gasteiger partial charge on any atom is -0.508 e. The highest BCUT2D eigenvalue weighted by Gasteiger charge is 2.30. The van der Waals surface area contributed by atoms with E-state index in [9.17, 15) is 9.90 Å². The quantitative estimate of drug-likeness (QED) is 0.390. The zero-order chi connectivity index (χ0) is 18.8. The first-order valence-electron chi connectivity index (χ1n) is 9.39. The van der Waals surface area contributed by atoms with E-state index in [4.69, 9.17) is 4.74 Å². The Morgan fingerprint density at radius 2 is 1.96 bits per heavy atom. The van der Waals surface area contributed by atoms with Gasteiger partial charge in [-0.3, -0.25) is 4.79 Å². The predicted octanol–water partition coefficient (Wildman–Crippen LogP) is 5.99. The summed E-state index contributed by atoms with van der Waals surface area (Å²) in [5.41, 5.74) is 3.91. The van der Waals surface area contributed by atoms with Crippen molar-refractivity contribution in [2.45, 2.75) is 78.7 Å². The summed E-state index contributed by atoms with van der Waals surface area (Å²) in [6.07, 6.45) is 12.0. The van der Waals surface area contributed by atoms with E-state index >= 15 is 0 Å². The van der Waals surface area contributed by atoms with Crippen LogP contribution in [0.3, 0.4) is 0 Å². The Morgan fingerprint density at radius 3 is 2.56 bits per heavy atom. The van der Waals surface area contributed by atoms with Crippen LogP contribution in [0.4, 0.5) is 0 Å². The van der Waals surface area contributed by atoms with Gasteiger partial charge in [-0.1, -0.05) is 43.1 Å². The summed E-state index contributed by atoms with van der Waals surface area (Å²) in [5.74, 6) is 0.0143. The van der Waals surface area contributed by atoms with Gasteiger partial charge in [0.25, 0.3) is 0 Å². The van der Waals surface area contributed by atoms with Crippen LogP contribution in [0.15, 0.2) is 46.3 Å². The van der Waals surface area contributed by atoms with Gasteiger partial charge in [-0.2, -0.15) is 0 Å². The standard InChI is InChI=1S/C22H34O3/c1-6-7-8-12-18-15-20(23)19(21(24)22(18)25-5)14-13-17(4)11-9-10-16(2)3/h10,13,15,22-23H,6-9,11-12,14H2,1-5H3/b17-13+. The smallest absolute Gasteiger partial charge is 0.195 e. The molecule has 1 aliphatic rings. The van der Waals surface area contributed by atoms with Crippen LogP contribution in [0.25, 0.3) is 0 Å². The summed E-state index contributed by atoms with van der Waals surface area (Å²) in [7, 11) is 1.57. The Balaban J connectivity index is 2.81. The van der Waals surface area contributed by atoms with Crippen LogP contribution in [-0.4, -0.2) is 24.1 Å². The van der Waals surface area contributed by atoms with E-state index in [0.717, 1.165) is 44.1 Å². The molecule has 3 heteroatoms. The zero-order valence-electron chi connectivity index (χ0n) is 16.5. The second-order valence-electron chi connectivity index (χ2n) is 7.09. The Bertz CT molecular complexity index is 572. The number of methoxy groups -OCH3 is 1. The average molecular weight is 347 g/mol. The van der Waals surface area contributed by atoms with E-state index < -0.39 is 6.10 Å². The van der Waals surface area contributed by atoms with Crippen molar-refractivity contribution in [3.05, 3.63) is 46.3 Å². The monoisotopic (exact) mass is 346 g/mol. The van der Waals surface area contributed by atoms with Gasteiger partial charge in [-0.15, -0.1) is 0 Å². The first kappa shape index (κ1) is 21.4. The molecule has 0 spiro atoms. The molecule has 1 rings (SSSR count). The maximum Gasteiger partial charge on any atom is 0.195 e. The summed E-state index contributed by atoms with van der Waals surface area (Å²) >= 11 is 0. The summed E-state index contributed by atoms with van der Waals surface area (Å²) in [5, 5.41) is 10.3. The molecular weight excluding hydrogens is 312 g/mol. The molecular formula is C22H34O3. The highest BCUT2D eigenvalue weighted by molar-refractivity contribution is 6.03. The molecule has 25 heavy (non-hydrogen) atoms. The van der Waals surface area contributed by atoms with Crippen molar-refractivity contribution in [1.29, 1.82) is 0 Å². The molecule has 0 saturated heterocycles. The molecule has 0 saturated carbocycles. The molecule has 0 aliphatic heterocycles. The van der Waals surface area contributed by atoms with Crippen LogP contribution in [0.2, 0.25) is 0 Å². The van der Waals surface area contributed by atoms with Crippen LogP contribution in [0.1, 0.15) is 72.6 Å². The van der Waals surface area contributed by atoms with E-state index in [1.807, 2.05) is 6.08 Å². The fourth-order valence-electron chi connectivity index (χ4n) is 3.00. The van der Waals surface area contributed by atoms with Crippen molar-refractivity contribution in [2.75, 3.05) is 7.11 Å². The van der Waals surface area contributed by atoms with Gasteiger partial charge in [0.1, 0.15) is 11.9 Å². The highest BCUT2D eigenvalue weighted by atomic mass is 16.5. The lowest BCUT2D eigenvalue weighted by molar-refractivity contribution is -0.123. The van der Waals surface area contributed by atoms with E-state index in [0.29, 0.717) is 12.0 Å². The van der Waals surface area contributed by atoms with E-state index in [1.54, 1.807) is 13.2 Å². The second kappa shape index (κ2) is 11.1. The Morgan fingerprint density at radius 1 is 1.24 bits per heavy atom. The molecule has 140 valence electrons. The van der Waals surface area contributed by atoms with Crippen LogP contribution >= 0.6 is 0 Å². The maximum absolute atomic E-state index is 12.7. The number of ketones is 1. The van der Waals surface area contributed by atoms with Gasteiger partial charge in [0, 0.05) is 12.7 Å². The second-order valence-corrected chi connectivity index (χ2v) is 7.09. The number of ether oxygens (including phenoxy) is 1. The van der Waals surface area contributed by atoms with Gasteiger partial charge < -0.3 is 9.84 Å². The molecule has 0 aromatic rings. The summed E-state index contributed by atoms with van der Waals surface area (Å²) in [6, 6.07) is 0. The summed E-state index contributed by atoms with van der Waals surface area (Å²) in [4.78, 5) is 12.7. The average Bonchev–Trinajstić information content (AvgIpc) is 2.54. The van der Waals surface area contributed by atoms with Gasteiger partial charge in [0.2, 0.25) is 0 Å². The van der Waals surface area contributed by atoms with Crippen LogP contribution in [-0.2, 0) is 9.53 Å². The van der Waals surface area contributed by atoms with Gasteiger partial charge in [0.05, 0.1) is 0 Å². The Kier molecular flexibility index (Phi) is 9.51. The van der Waals surface area contributed by atoms with Crippen LogP contribution in [0, 0.1) is 0 Å². The van der Waals surface area contributed by atoms with Gasteiger partial charge in [-0.05, 0) is 64.5 Å². The number of carbonyl (C=O) groups excluding carboxylic acids is 1. The number of rotatable bonds is 10. The van der Waals surface area contributed by atoms with E-state index in [-0.39, 0.29) is 11.5 Å². The first-order valence-corrected chi connectivity index (χ1v) is 9.39. The minimum absolute atomic E-state index is 0.0950. The van der Waals surface area contributed by atoms with E-state index in [2.05, 4.69) is 33.8 Å². The van der Waals surface area contributed by atoms with Crippen molar-refractivity contribution in [3.63, 3.8) is 0 Å². The third kappa shape index (κ3) is 7.03. The molecule has 0 radical (unpaired) electrons. The number of hydrogen-bond acceptors (Lipinski definition) is 3. The molecule has 1 unspecified atom stereocenters. The van der Waals surface area contributed by atoms with Crippen molar-refractivity contribution >= 4 is 5.78 Å². The number of aliphatic hydroxyl groups excluding tert-OH is 1. The Labute approximate surface area is 153 Å². The topological polar surface area (TPSA) is 46.5 Å². The molecule has 0 bridgehead atoms. The van der Waals surface area contributed by atoms with Gasteiger partial charge in [-0.25, -0.2) is 0 Å². The van der Waals surface area contributed by atoms with Crippen molar-refractivity contribution in [3.8, 4) is 0 Å². The molecule has 0 heterocycles. The van der Waals surface area contributed by atoms with Crippen LogP contribution < -0.4 is 0 Å². The lowest BCUT2D eigenvalue weighted by Gasteiger charge is -2.24. The normalized spacial score (nSPS) is 18.4. The number of aliphatic hydroxyl groups is 1. The number of hydrogen-bond donors (Lipinski definition) is 1. The van der Waals surface area contributed by atoms with Crippen molar-refractivity contribution in [1.82, 2.24) is 0 Å². The highest BCUT2D eigenvalue weighted by Crippen LogP contribution is 2.28. The van der Waals surface area contributed by atoms with Crippen molar-refractivity contribution in [2.24, 2.45) is 0 Å². The number of allylic oxidation sites excluding steroid dienone is 5. The molecule has 0 fully saturated rings. The Hall–Kier alpha value is -1.61.